The largest absolute Gasteiger partial charge is 0.311 e. The van der Waals surface area contributed by atoms with E-state index in [-0.39, 0.29) is 0 Å². The van der Waals surface area contributed by atoms with E-state index < -0.39 is 0 Å². The van der Waals surface area contributed by atoms with Gasteiger partial charge in [0.05, 0.1) is 11.4 Å². The van der Waals surface area contributed by atoms with Crippen LogP contribution in [-0.4, -0.2) is 40.9 Å². The summed E-state index contributed by atoms with van der Waals surface area (Å²) in [5.74, 6) is 0.823. The van der Waals surface area contributed by atoms with Gasteiger partial charge < -0.3 is 10.2 Å². The van der Waals surface area contributed by atoms with Crippen molar-refractivity contribution in [3.8, 4) is 0 Å². The summed E-state index contributed by atoms with van der Waals surface area (Å²) >= 11 is 0. The first kappa shape index (κ1) is 13.6. The van der Waals surface area contributed by atoms with E-state index in [9.17, 15) is 0 Å². The summed E-state index contributed by atoms with van der Waals surface area (Å²) in [7, 11) is 0. The zero-order chi connectivity index (χ0) is 13.0. The number of nitrogens with one attached hydrogen (secondary N) is 1. The van der Waals surface area contributed by atoms with Crippen LogP contribution in [0.1, 0.15) is 31.7 Å². The molecule has 102 valence electrons. The molecule has 0 saturated carbocycles. The summed E-state index contributed by atoms with van der Waals surface area (Å²) < 4.78 is 2.09. The van der Waals surface area contributed by atoms with Crippen LogP contribution in [0.3, 0.4) is 0 Å². The normalized spacial score (nSPS) is 20.7. The highest BCUT2D eigenvalue weighted by atomic mass is 15.3. The first-order chi connectivity index (χ1) is 8.72. The number of likely N-dealkylation sites (tertiary alicyclic amines) is 1. The lowest BCUT2D eigenvalue weighted by Gasteiger charge is -2.14. The predicted molar refractivity (Wildman–Crippen MR) is 74.6 cm³/mol. The molecule has 0 radical (unpaired) electrons. The minimum absolute atomic E-state index is 0.823. The maximum atomic E-state index is 4.47. The summed E-state index contributed by atoms with van der Waals surface area (Å²) in [6, 6.07) is 2.18. The Labute approximate surface area is 110 Å². The molecule has 4 heteroatoms. The fourth-order valence-corrected chi connectivity index (χ4v) is 2.79. The van der Waals surface area contributed by atoms with Gasteiger partial charge in [0.2, 0.25) is 0 Å². The number of aromatic nitrogens is 2. The molecular weight excluding hydrogens is 224 g/mol. The van der Waals surface area contributed by atoms with Gasteiger partial charge in [-0.2, -0.15) is 5.10 Å². The standard InChI is InChI=1S/C14H26N4/c1-4-17-7-6-13(11-17)9-15-10-14-8-12(3)16-18(14)5-2/h8,13,15H,4-7,9-11H2,1-3H3. The molecule has 1 aromatic heterocycles. The van der Waals surface area contributed by atoms with Gasteiger partial charge in [-0.25, -0.2) is 0 Å². The maximum absolute atomic E-state index is 4.47. The molecule has 1 N–H and O–H groups in total. The summed E-state index contributed by atoms with van der Waals surface area (Å²) in [4.78, 5) is 2.53. The highest BCUT2D eigenvalue weighted by Crippen LogP contribution is 2.14. The molecule has 1 fully saturated rings. The third-order valence-electron chi connectivity index (χ3n) is 3.84. The van der Waals surface area contributed by atoms with Crippen molar-refractivity contribution >= 4 is 0 Å². The molecule has 0 bridgehead atoms. The van der Waals surface area contributed by atoms with Crippen molar-refractivity contribution in [2.75, 3.05) is 26.2 Å². The van der Waals surface area contributed by atoms with Gasteiger partial charge in [0.1, 0.15) is 0 Å². The maximum Gasteiger partial charge on any atom is 0.0597 e. The van der Waals surface area contributed by atoms with Gasteiger partial charge in [-0.15, -0.1) is 0 Å². The molecule has 1 atom stereocenters. The van der Waals surface area contributed by atoms with Crippen molar-refractivity contribution in [3.63, 3.8) is 0 Å². The van der Waals surface area contributed by atoms with E-state index >= 15 is 0 Å². The van der Waals surface area contributed by atoms with E-state index in [0.29, 0.717) is 0 Å². The van der Waals surface area contributed by atoms with Gasteiger partial charge in [0, 0.05) is 19.6 Å². The molecule has 1 unspecified atom stereocenters. The molecule has 0 aromatic carbocycles. The van der Waals surface area contributed by atoms with E-state index in [1.165, 1.54) is 31.7 Å². The molecule has 0 spiro atoms. The van der Waals surface area contributed by atoms with Crippen LogP contribution in [0.5, 0.6) is 0 Å². The molecule has 18 heavy (non-hydrogen) atoms. The molecule has 4 nitrogen and oxygen atoms in total. The van der Waals surface area contributed by atoms with Gasteiger partial charge in [0.15, 0.2) is 0 Å². The van der Waals surface area contributed by atoms with E-state index in [4.69, 9.17) is 0 Å². The van der Waals surface area contributed by atoms with E-state index in [1.54, 1.807) is 0 Å². The van der Waals surface area contributed by atoms with Crippen molar-refractivity contribution in [1.29, 1.82) is 0 Å². The van der Waals surface area contributed by atoms with Crippen molar-refractivity contribution in [2.24, 2.45) is 5.92 Å². The third-order valence-corrected chi connectivity index (χ3v) is 3.84. The molecule has 1 aliphatic rings. The number of hydrogen-bond acceptors (Lipinski definition) is 3. The van der Waals surface area contributed by atoms with Crippen molar-refractivity contribution in [3.05, 3.63) is 17.5 Å². The monoisotopic (exact) mass is 250 g/mol. The highest BCUT2D eigenvalue weighted by molar-refractivity contribution is 5.08. The lowest BCUT2D eigenvalue weighted by atomic mass is 10.1. The Morgan fingerprint density at radius 3 is 2.89 bits per heavy atom. The lowest BCUT2D eigenvalue weighted by Crippen LogP contribution is -2.26. The average Bonchev–Trinajstić information content (AvgIpc) is 2.96. The molecule has 2 heterocycles. The highest BCUT2D eigenvalue weighted by Gasteiger charge is 2.20. The van der Waals surface area contributed by atoms with Crippen LogP contribution >= 0.6 is 0 Å². The molecule has 1 aromatic rings. The first-order valence-electron chi connectivity index (χ1n) is 7.19. The summed E-state index contributed by atoms with van der Waals surface area (Å²) in [5.41, 5.74) is 2.42. The Bertz CT molecular complexity index is 372. The Balaban J connectivity index is 1.75. The molecule has 1 saturated heterocycles. The first-order valence-corrected chi connectivity index (χ1v) is 7.19. The Morgan fingerprint density at radius 1 is 1.39 bits per heavy atom. The Hall–Kier alpha value is -0.870. The third kappa shape index (κ3) is 3.33. The van der Waals surface area contributed by atoms with Crippen LogP contribution in [-0.2, 0) is 13.1 Å². The molecule has 0 aliphatic carbocycles. The van der Waals surface area contributed by atoms with Gasteiger partial charge in [0.25, 0.3) is 0 Å². The van der Waals surface area contributed by atoms with Crippen LogP contribution < -0.4 is 5.32 Å². The molecular formula is C14H26N4. The van der Waals surface area contributed by atoms with E-state index in [1.807, 2.05) is 0 Å². The van der Waals surface area contributed by atoms with Crippen molar-refractivity contribution < 1.29 is 0 Å². The topological polar surface area (TPSA) is 33.1 Å². The number of hydrogen-bond donors (Lipinski definition) is 1. The minimum Gasteiger partial charge on any atom is -0.311 e. The van der Waals surface area contributed by atoms with Crippen LogP contribution in [0.4, 0.5) is 0 Å². The number of nitrogens with zero attached hydrogens (tertiary/aromatic N) is 3. The van der Waals surface area contributed by atoms with Crippen molar-refractivity contribution in [2.45, 2.75) is 40.3 Å². The van der Waals surface area contributed by atoms with Crippen LogP contribution in [0.15, 0.2) is 6.07 Å². The van der Waals surface area contributed by atoms with Gasteiger partial charge in [-0.3, -0.25) is 4.68 Å². The number of aryl methyl sites for hydroxylation is 2. The summed E-state index contributed by atoms with van der Waals surface area (Å²) in [5, 5.41) is 8.06. The smallest absolute Gasteiger partial charge is 0.0597 e. The fraction of sp³-hybridized carbons (Fsp3) is 0.786. The van der Waals surface area contributed by atoms with Gasteiger partial charge >= 0.3 is 0 Å². The molecule has 0 amide bonds. The molecule has 1 aliphatic heterocycles. The SMILES string of the molecule is CCN1CCC(CNCc2cc(C)nn2CC)C1. The molecule has 2 rings (SSSR count). The zero-order valence-corrected chi connectivity index (χ0v) is 11.9. The van der Waals surface area contributed by atoms with Crippen molar-refractivity contribution in [1.82, 2.24) is 20.0 Å². The fourth-order valence-electron chi connectivity index (χ4n) is 2.79. The van der Waals surface area contributed by atoms with Crippen LogP contribution in [0.25, 0.3) is 0 Å². The average molecular weight is 250 g/mol. The lowest BCUT2D eigenvalue weighted by molar-refractivity contribution is 0.338. The predicted octanol–water partition coefficient (Wildman–Crippen LogP) is 1.64. The van der Waals surface area contributed by atoms with Crippen LogP contribution in [0, 0.1) is 12.8 Å². The van der Waals surface area contributed by atoms with Crippen LogP contribution in [0.2, 0.25) is 0 Å². The van der Waals surface area contributed by atoms with Gasteiger partial charge in [-0.1, -0.05) is 6.92 Å². The van der Waals surface area contributed by atoms with E-state index in [0.717, 1.165) is 31.2 Å². The van der Waals surface area contributed by atoms with E-state index in [2.05, 4.69) is 46.8 Å². The Kier molecular flexibility index (Phi) is 4.78. The van der Waals surface area contributed by atoms with Gasteiger partial charge in [-0.05, 0) is 51.9 Å². The second-order valence-electron chi connectivity index (χ2n) is 5.27. The second-order valence-corrected chi connectivity index (χ2v) is 5.27. The summed E-state index contributed by atoms with van der Waals surface area (Å²) in [6.07, 6.45) is 1.34. The minimum atomic E-state index is 0.823. The zero-order valence-electron chi connectivity index (χ0n) is 11.9. The Morgan fingerprint density at radius 2 is 2.22 bits per heavy atom. The quantitative estimate of drug-likeness (QED) is 0.833. The summed E-state index contributed by atoms with van der Waals surface area (Å²) in [6.45, 7) is 13.2. The number of rotatable bonds is 6. The second kappa shape index (κ2) is 6.34.